The lowest BCUT2D eigenvalue weighted by Gasteiger charge is -2.11. The first-order valence-electron chi connectivity index (χ1n) is 6.48. The number of halogens is 1. The third kappa shape index (κ3) is 2.24. The topological polar surface area (TPSA) is 69.6 Å². The highest BCUT2D eigenvalue weighted by Gasteiger charge is 2.17. The van der Waals surface area contributed by atoms with Crippen LogP contribution in [0, 0.1) is 19.7 Å². The van der Waals surface area contributed by atoms with Crippen molar-refractivity contribution in [2.24, 2.45) is 0 Å². The molecule has 1 heterocycles. The predicted octanol–water partition coefficient (Wildman–Crippen LogP) is 2.67. The predicted molar refractivity (Wildman–Crippen MR) is 78.4 cm³/mol. The Kier molecular flexibility index (Phi) is 3.13. The fraction of sp³-hybridized carbons (Fsp3) is 0.133. The lowest BCUT2D eigenvalue weighted by atomic mass is 10.1. The van der Waals surface area contributed by atoms with Crippen LogP contribution in [-0.4, -0.2) is 20.2 Å². The molecule has 0 bridgehead atoms. The number of rotatable bonds is 2. The molecule has 2 N–H and O–H groups in total. The molecule has 0 unspecified atom stereocenters. The summed E-state index contributed by atoms with van der Waals surface area (Å²) in [5.41, 5.74) is 9.81. The van der Waals surface area contributed by atoms with Gasteiger partial charge in [-0.25, -0.2) is 4.39 Å². The second kappa shape index (κ2) is 4.97. The van der Waals surface area contributed by atoms with E-state index in [1.54, 1.807) is 12.1 Å². The number of aromatic nitrogens is 4. The number of benzene rings is 2. The average molecular weight is 283 g/mol. The highest BCUT2D eigenvalue weighted by Crippen LogP contribution is 2.29. The smallest absolute Gasteiger partial charge is 0.189 e. The van der Waals surface area contributed by atoms with E-state index >= 15 is 0 Å². The lowest BCUT2D eigenvalue weighted by molar-refractivity contribution is 0.624. The summed E-state index contributed by atoms with van der Waals surface area (Å²) in [5, 5.41) is 11.7. The quantitative estimate of drug-likeness (QED) is 0.734. The van der Waals surface area contributed by atoms with E-state index in [1.807, 2.05) is 26.0 Å². The number of nitrogens with zero attached hydrogens (tertiary/aromatic N) is 4. The molecule has 0 spiro atoms. The number of aryl methyl sites for hydroxylation is 2. The molecular formula is C15H14FN5. The van der Waals surface area contributed by atoms with Crippen LogP contribution in [0.1, 0.15) is 11.1 Å². The van der Waals surface area contributed by atoms with Gasteiger partial charge in [0.1, 0.15) is 5.82 Å². The number of nitrogens with two attached hydrogens (primary N) is 1. The van der Waals surface area contributed by atoms with Crippen molar-refractivity contribution in [3.63, 3.8) is 0 Å². The van der Waals surface area contributed by atoms with Gasteiger partial charge in [-0.15, -0.1) is 5.10 Å². The zero-order valence-electron chi connectivity index (χ0n) is 11.7. The first kappa shape index (κ1) is 13.2. The van der Waals surface area contributed by atoms with Crippen LogP contribution in [-0.2, 0) is 0 Å². The van der Waals surface area contributed by atoms with E-state index in [2.05, 4.69) is 15.5 Å². The molecule has 3 aromatic rings. The number of hydrogen-bond acceptors (Lipinski definition) is 4. The van der Waals surface area contributed by atoms with Gasteiger partial charge in [0, 0.05) is 11.3 Å². The maximum Gasteiger partial charge on any atom is 0.189 e. The summed E-state index contributed by atoms with van der Waals surface area (Å²) >= 11 is 0. The normalized spacial score (nSPS) is 10.8. The lowest BCUT2D eigenvalue weighted by Crippen LogP contribution is -2.05. The van der Waals surface area contributed by atoms with Gasteiger partial charge in [-0.2, -0.15) is 4.68 Å². The standard InChI is InChI=1S/C15H14FN5/c1-9-6-7-11(16)8-13(9)21-15(18-19-20-21)14-10(2)4-3-5-12(14)17/h3-8H,17H2,1-2H3. The molecular weight excluding hydrogens is 269 g/mol. The molecule has 6 heteroatoms. The average Bonchev–Trinajstić information content (AvgIpc) is 2.90. The Morgan fingerprint density at radius 1 is 1.10 bits per heavy atom. The minimum Gasteiger partial charge on any atom is -0.398 e. The zero-order valence-corrected chi connectivity index (χ0v) is 11.7. The van der Waals surface area contributed by atoms with Crippen LogP contribution < -0.4 is 5.73 Å². The highest BCUT2D eigenvalue weighted by molar-refractivity contribution is 5.75. The molecule has 1 aromatic heterocycles. The summed E-state index contributed by atoms with van der Waals surface area (Å²) in [5.74, 6) is 0.161. The summed E-state index contributed by atoms with van der Waals surface area (Å²) in [6, 6.07) is 10.1. The van der Waals surface area contributed by atoms with Crippen molar-refractivity contribution in [2.45, 2.75) is 13.8 Å². The van der Waals surface area contributed by atoms with Gasteiger partial charge in [0.15, 0.2) is 5.82 Å². The van der Waals surface area contributed by atoms with Gasteiger partial charge in [0.25, 0.3) is 0 Å². The molecule has 5 nitrogen and oxygen atoms in total. The molecule has 0 aliphatic carbocycles. The van der Waals surface area contributed by atoms with Crippen molar-refractivity contribution in [1.29, 1.82) is 0 Å². The molecule has 0 aliphatic rings. The third-order valence-corrected chi connectivity index (χ3v) is 3.40. The van der Waals surface area contributed by atoms with E-state index < -0.39 is 0 Å². The van der Waals surface area contributed by atoms with E-state index in [-0.39, 0.29) is 5.82 Å². The molecule has 3 rings (SSSR count). The van der Waals surface area contributed by atoms with Gasteiger partial charge in [-0.1, -0.05) is 18.2 Å². The van der Waals surface area contributed by atoms with Crippen molar-refractivity contribution in [2.75, 3.05) is 5.73 Å². The van der Waals surface area contributed by atoms with Crippen molar-refractivity contribution in [3.8, 4) is 17.1 Å². The van der Waals surface area contributed by atoms with Crippen LogP contribution in [0.15, 0.2) is 36.4 Å². The Bertz CT molecular complexity index is 789. The molecule has 0 aliphatic heterocycles. The summed E-state index contributed by atoms with van der Waals surface area (Å²) in [7, 11) is 0. The van der Waals surface area contributed by atoms with E-state index in [4.69, 9.17) is 5.73 Å². The van der Waals surface area contributed by atoms with Crippen LogP contribution in [0.5, 0.6) is 0 Å². The first-order chi connectivity index (χ1) is 10.1. The van der Waals surface area contributed by atoms with Crippen LogP contribution in [0.25, 0.3) is 17.1 Å². The third-order valence-electron chi connectivity index (χ3n) is 3.40. The Morgan fingerprint density at radius 3 is 2.67 bits per heavy atom. The van der Waals surface area contributed by atoms with Crippen molar-refractivity contribution in [1.82, 2.24) is 20.2 Å². The number of nitrogen functional groups attached to an aromatic ring is 1. The molecule has 106 valence electrons. The van der Waals surface area contributed by atoms with Gasteiger partial charge < -0.3 is 5.73 Å². The molecule has 0 saturated heterocycles. The Balaban J connectivity index is 2.25. The van der Waals surface area contributed by atoms with E-state index in [1.165, 1.54) is 16.8 Å². The van der Waals surface area contributed by atoms with Gasteiger partial charge >= 0.3 is 0 Å². The van der Waals surface area contributed by atoms with Gasteiger partial charge in [0.05, 0.1) is 5.69 Å². The summed E-state index contributed by atoms with van der Waals surface area (Å²) in [6.07, 6.45) is 0. The van der Waals surface area contributed by atoms with Crippen LogP contribution in [0.4, 0.5) is 10.1 Å². The van der Waals surface area contributed by atoms with E-state index in [0.29, 0.717) is 17.2 Å². The largest absolute Gasteiger partial charge is 0.398 e. The summed E-state index contributed by atoms with van der Waals surface area (Å²) in [4.78, 5) is 0. The van der Waals surface area contributed by atoms with E-state index in [0.717, 1.165) is 16.7 Å². The van der Waals surface area contributed by atoms with Crippen molar-refractivity contribution < 1.29 is 4.39 Å². The Morgan fingerprint density at radius 2 is 1.90 bits per heavy atom. The minimum atomic E-state index is -0.338. The number of tetrazole rings is 1. The van der Waals surface area contributed by atoms with Gasteiger partial charge in [0.2, 0.25) is 0 Å². The second-order valence-corrected chi connectivity index (χ2v) is 4.88. The Labute approximate surface area is 121 Å². The molecule has 0 radical (unpaired) electrons. The minimum absolute atomic E-state index is 0.338. The van der Waals surface area contributed by atoms with Gasteiger partial charge in [-0.3, -0.25) is 0 Å². The van der Waals surface area contributed by atoms with E-state index in [9.17, 15) is 4.39 Å². The maximum absolute atomic E-state index is 13.5. The maximum atomic E-state index is 13.5. The number of hydrogen-bond donors (Lipinski definition) is 1. The molecule has 0 atom stereocenters. The van der Waals surface area contributed by atoms with Crippen molar-refractivity contribution in [3.05, 3.63) is 53.3 Å². The molecule has 0 amide bonds. The zero-order chi connectivity index (χ0) is 15.0. The van der Waals surface area contributed by atoms with Gasteiger partial charge in [-0.05, 0) is 53.6 Å². The molecule has 21 heavy (non-hydrogen) atoms. The SMILES string of the molecule is Cc1ccc(F)cc1-n1nnnc1-c1c(C)cccc1N. The monoisotopic (exact) mass is 283 g/mol. The second-order valence-electron chi connectivity index (χ2n) is 4.88. The first-order valence-corrected chi connectivity index (χ1v) is 6.48. The fourth-order valence-corrected chi connectivity index (χ4v) is 2.31. The van der Waals surface area contributed by atoms with Crippen LogP contribution in [0.2, 0.25) is 0 Å². The van der Waals surface area contributed by atoms with Crippen LogP contribution >= 0.6 is 0 Å². The molecule has 2 aromatic carbocycles. The van der Waals surface area contributed by atoms with Crippen molar-refractivity contribution >= 4 is 5.69 Å². The van der Waals surface area contributed by atoms with Crippen LogP contribution in [0.3, 0.4) is 0 Å². The number of anilines is 1. The molecule has 0 fully saturated rings. The molecule has 0 saturated carbocycles. The summed E-state index contributed by atoms with van der Waals surface area (Å²) in [6.45, 7) is 3.81. The Hall–Kier alpha value is -2.76. The fourth-order valence-electron chi connectivity index (χ4n) is 2.31. The summed E-state index contributed by atoms with van der Waals surface area (Å²) < 4.78 is 15.0. The highest BCUT2D eigenvalue weighted by atomic mass is 19.1.